The number of amides is 1. The Morgan fingerprint density at radius 1 is 1.23 bits per heavy atom. The predicted molar refractivity (Wildman–Crippen MR) is 95.4 cm³/mol. The summed E-state index contributed by atoms with van der Waals surface area (Å²) in [5, 5.41) is 27.3. The van der Waals surface area contributed by atoms with E-state index in [9.17, 15) is 9.90 Å². The lowest BCUT2D eigenvalue weighted by Crippen LogP contribution is -2.21. The number of hydrogen-bond acceptors (Lipinski definition) is 5. The third kappa shape index (κ3) is 3.26. The molecule has 0 aliphatic heterocycles. The van der Waals surface area contributed by atoms with Crippen LogP contribution >= 0.6 is 0 Å². The van der Waals surface area contributed by atoms with Crippen molar-refractivity contribution in [1.29, 1.82) is 5.26 Å². The summed E-state index contributed by atoms with van der Waals surface area (Å²) in [5.74, 6) is -0.196. The van der Waals surface area contributed by atoms with E-state index in [2.05, 4.69) is 10.2 Å². The third-order valence-electron chi connectivity index (χ3n) is 3.94. The van der Waals surface area contributed by atoms with Gasteiger partial charge in [0, 0.05) is 12.4 Å². The van der Waals surface area contributed by atoms with Crippen molar-refractivity contribution in [3.05, 3.63) is 54.1 Å². The lowest BCUT2D eigenvalue weighted by Gasteiger charge is -2.10. The molecule has 1 atom stereocenters. The first-order valence-electron chi connectivity index (χ1n) is 7.90. The largest absolute Gasteiger partial charge is 0.493 e. The van der Waals surface area contributed by atoms with Crippen molar-refractivity contribution >= 4 is 22.5 Å². The van der Waals surface area contributed by atoms with E-state index in [1.54, 1.807) is 48.9 Å². The quantitative estimate of drug-likeness (QED) is 0.724. The van der Waals surface area contributed by atoms with E-state index in [0.717, 1.165) is 5.52 Å². The van der Waals surface area contributed by atoms with Gasteiger partial charge in [0.1, 0.15) is 5.75 Å². The molecular weight excluding hydrogens is 332 g/mol. The van der Waals surface area contributed by atoms with E-state index in [1.807, 2.05) is 24.3 Å². The van der Waals surface area contributed by atoms with Crippen molar-refractivity contribution in [2.45, 2.75) is 13.0 Å². The standard InChI is InChI=1S/C19H16N4O3/c1-12(26-14-9-7-13(11-20)8-10-14)18(24)22-21-17-15-5-3-4-6-16(15)23(2)19(17)25/h3-10,12,25H,1-2H3. The first-order chi connectivity index (χ1) is 12.5. The van der Waals surface area contributed by atoms with Crippen molar-refractivity contribution in [1.82, 2.24) is 4.57 Å². The van der Waals surface area contributed by atoms with Crippen LogP contribution in [-0.2, 0) is 11.8 Å². The fraction of sp³-hybridized carbons (Fsp3) is 0.158. The number of benzene rings is 2. The number of rotatable bonds is 4. The van der Waals surface area contributed by atoms with E-state index in [1.165, 1.54) is 0 Å². The highest BCUT2D eigenvalue weighted by atomic mass is 16.5. The number of nitrogens with zero attached hydrogens (tertiary/aromatic N) is 4. The topological polar surface area (TPSA) is 100.0 Å². The second-order valence-corrected chi connectivity index (χ2v) is 5.68. The van der Waals surface area contributed by atoms with Crippen LogP contribution in [-0.4, -0.2) is 21.7 Å². The monoisotopic (exact) mass is 348 g/mol. The van der Waals surface area contributed by atoms with Crippen molar-refractivity contribution < 1.29 is 14.6 Å². The zero-order chi connectivity index (χ0) is 18.7. The number of aromatic nitrogens is 1. The normalized spacial score (nSPS) is 12.2. The Kier molecular flexibility index (Phi) is 4.67. The molecule has 7 heteroatoms. The van der Waals surface area contributed by atoms with Crippen LogP contribution in [0.4, 0.5) is 5.69 Å². The number of fused-ring (bicyclic) bond motifs is 1. The lowest BCUT2D eigenvalue weighted by molar-refractivity contribution is -0.124. The maximum atomic E-state index is 12.2. The highest BCUT2D eigenvalue weighted by Gasteiger charge is 2.17. The molecule has 0 bridgehead atoms. The molecule has 26 heavy (non-hydrogen) atoms. The molecule has 3 rings (SSSR count). The molecular formula is C19H16N4O3. The molecule has 1 unspecified atom stereocenters. The van der Waals surface area contributed by atoms with E-state index in [4.69, 9.17) is 10.00 Å². The van der Waals surface area contributed by atoms with Crippen molar-refractivity contribution in [2.24, 2.45) is 17.3 Å². The fourth-order valence-corrected chi connectivity index (χ4v) is 2.50. The van der Waals surface area contributed by atoms with Gasteiger partial charge < -0.3 is 14.4 Å². The van der Waals surface area contributed by atoms with Gasteiger partial charge in [-0.1, -0.05) is 18.2 Å². The van der Waals surface area contributed by atoms with Crippen molar-refractivity contribution in [2.75, 3.05) is 0 Å². The van der Waals surface area contributed by atoms with Gasteiger partial charge >= 0.3 is 5.91 Å². The molecule has 0 saturated heterocycles. The molecule has 7 nitrogen and oxygen atoms in total. The Hall–Kier alpha value is -3.66. The van der Waals surface area contributed by atoms with E-state index >= 15 is 0 Å². The van der Waals surface area contributed by atoms with Gasteiger partial charge in [0.25, 0.3) is 0 Å². The van der Waals surface area contributed by atoms with Crippen LogP contribution in [0, 0.1) is 11.3 Å². The van der Waals surface area contributed by atoms with Gasteiger partial charge in [0.2, 0.25) is 5.88 Å². The Morgan fingerprint density at radius 2 is 1.92 bits per heavy atom. The van der Waals surface area contributed by atoms with Crippen LogP contribution in [0.1, 0.15) is 12.5 Å². The highest BCUT2D eigenvalue weighted by molar-refractivity contribution is 5.95. The summed E-state index contributed by atoms with van der Waals surface area (Å²) in [6.07, 6.45) is -0.858. The fourth-order valence-electron chi connectivity index (χ4n) is 2.50. The zero-order valence-corrected chi connectivity index (χ0v) is 14.2. The van der Waals surface area contributed by atoms with Crippen molar-refractivity contribution in [3.8, 4) is 17.7 Å². The highest BCUT2D eigenvalue weighted by Crippen LogP contribution is 2.37. The van der Waals surface area contributed by atoms with Crippen LogP contribution < -0.4 is 4.74 Å². The molecule has 2 aromatic carbocycles. The number of ether oxygens (including phenoxy) is 1. The molecule has 0 saturated carbocycles. The summed E-state index contributed by atoms with van der Waals surface area (Å²) < 4.78 is 7.08. The number of nitriles is 1. The molecule has 3 aromatic rings. The van der Waals surface area contributed by atoms with Gasteiger partial charge in [0.05, 0.1) is 17.1 Å². The average molecular weight is 348 g/mol. The molecule has 1 heterocycles. The molecule has 0 spiro atoms. The molecule has 0 radical (unpaired) electrons. The summed E-state index contributed by atoms with van der Waals surface area (Å²) in [6, 6.07) is 15.7. The second kappa shape index (κ2) is 7.07. The minimum atomic E-state index is -0.858. The van der Waals surface area contributed by atoms with Crippen LogP contribution in [0.25, 0.3) is 10.9 Å². The minimum absolute atomic E-state index is 0.0663. The Bertz CT molecular complexity index is 1030. The van der Waals surface area contributed by atoms with Gasteiger partial charge in [0.15, 0.2) is 11.8 Å². The van der Waals surface area contributed by atoms with Crippen LogP contribution in [0.3, 0.4) is 0 Å². The van der Waals surface area contributed by atoms with Crippen LogP contribution in [0.15, 0.2) is 58.8 Å². The number of aryl methyl sites for hydroxylation is 1. The zero-order valence-electron chi connectivity index (χ0n) is 14.2. The molecule has 1 amide bonds. The molecule has 1 N–H and O–H groups in total. The van der Waals surface area contributed by atoms with E-state index < -0.39 is 12.0 Å². The number of aromatic hydroxyl groups is 1. The maximum absolute atomic E-state index is 12.2. The van der Waals surface area contributed by atoms with Gasteiger partial charge in [-0.2, -0.15) is 5.26 Å². The van der Waals surface area contributed by atoms with Crippen LogP contribution in [0.5, 0.6) is 11.6 Å². The molecule has 1 aromatic heterocycles. The number of azo groups is 1. The lowest BCUT2D eigenvalue weighted by atomic mass is 10.2. The number of carbonyl (C=O) groups excluding carboxylic acids is 1. The molecule has 0 aliphatic carbocycles. The predicted octanol–water partition coefficient (Wildman–Crippen LogP) is 3.83. The molecule has 130 valence electrons. The summed E-state index contributed by atoms with van der Waals surface area (Å²) >= 11 is 0. The number of para-hydroxylation sites is 1. The summed E-state index contributed by atoms with van der Waals surface area (Å²) in [7, 11) is 1.70. The Morgan fingerprint density at radius 3 is 2.62 bits per heavy atom. The summed E-state index contributed by atoms with van der Waals surface area (Å²) in [4.78, 5) is 12.2. The Balaban J connectivity index is 1.77. The third-order valence-corrected chi connectivity index (χ3v) is 3.94. The summed E-state index contributed by atoms with van der Waals surface area (Å²) in [5.41, 5.74) is 1.53. The molecule has 0 aliphatic rings. The summed E-state index contributed by atoms with van der Waals surface area (Å²) in [6.45, 7) is 1.56. The van der Waals surface area contributed by atoms with Gasteiger partial charge in [-0.3, -0.25) is 4.79 Å². The van der Waals surface area contributed by atoms with Crippen LogP contribution in [0.2, 0.25) is 0 Å². The number of carbonyl (C=O) groups is 1. The van der Waals surface area contributed by atoms with Gasteiger partial charge in [-0.05, 0) is 37.3 Å². The van der Waals surface area contributed by atoms with E-state index in [0.29, 0.717) is 16.7 Å². The smallest absolute Gasteiger partial charge is 0.304 e. The number of hydrogen-bond donors (Lipinski definition) is 1. The molecule has 0 fully saturated rings. The van der Waals surface area contributed by atoms with Crippen molar-refractivity contribution in [3.63, 3.8) is 0 Å². The Labute approximate surface area is 149 Å². The van der Waals surface area contributed by atoms with Gasteiger partial charge in [-0.15, -0.1) is 10.2 Å². The SMILES string of the molecule is CC(Oc1ccc(C#N)cc1)C(=O)N=Nc1c(O)n(C)c2ccccc12. The first kappa shape index (κ1) is 17.2. The first-order valence-corrected chi connectivity index (χ1v) is 7.90. The average Bonchev–Trinajstić information content (AvgIpc) is 2.91. The minimum Gasteiger partial charge on any atom is -0.493 e. The van der Waals surface area contributed by atoms with Gasteiger partial charge in [-0.25, -0.2) is 0 Å². The second-order valence-electron chi connectivity index (χ2n) is 5.68. The van der Waals surface area contributed by atoms with E-state index in [-0.39, 0.29) is 11.6 Å². The maximum Gasteiger partial charge on any atom is 0.304 e.